The monoisotopic (exact) mass is 461 g/mol. The average Bonchev–Trinajstić information content (AvgIpc) is 3.40. The number of carbonyl (C=O) groups excluding carboxylic acids is 1. The molecule has 6 nitrogen and oxygen atoms in total. The van der Waals surface area contributed by atoms with Gasteiger partial charge in [-0.25, -0.2) is 13.4 Å². The molecule has 1 amide bonds. The SMILES string of the molecule is CC1CCN(S(=O)(=O)c2ccc(NC(=O)Cc3csc(-c4ccsc4)n3)cc2)CC1. The number of thiazole rings is 1. The summed E-state index contributed by atoms with van der Waals surface area (Å²) in [5.41, 5.74) is 2.35. The number of aromatic nitrogens is 1. The van der Waals surface area contributed by atoms with E-state index in [2.05, 4.69) is 17.2 Å². The third kappa shape index (κ3) is 4.80. The molecule has 4 rings (SSSR count). The second-order valence-electron chi connectivity index (χ2n) is 7.49. The molecule has 0 spiro atoms. The lowest BCUT2D eigenvalue weighted by atomic mass is 10.0. The van der Waals surface area contributed by atoms with Crippen molar-refractivity contribution >= 4 is 44.3 Å². The zero-order valence-corrected chi connectivity index (χ0v) is 19.0. The smallest absolute Gasteiger partial charge is 0.243 e. The van der Waals surface area contributed by atoms with Gasteiger partial charge in [-0.1, -0.05) is 6.92 Å². The van der Waals surface area contributed by atoms with Crippen LogP contribution in [0.5, 0.6) is 0 Å². The van der Waals surface area contributed by atoms with Crippen LogP contribution in [0.3, 0.4) is 0 Å². The van der Waals surface area contributed by atoms with Crippen LogP contribution < -0.4 is 5.32 Å². The molecule has 1 aliphatic heterocycles. The number of hydrogen-bond donors (Lipinski definition) is 1. The van der Waals surface area contributed by atoms with Crippen molar-refractivity contribution in [2.24, 2.45) is 5.92 Å². The van der Waals surface area contributed by atoms with Crippen LogP contribution in [0.1, 0.15) is 25.5 Å². The topological polar surface area (TPSA) is 79.4 Å². The standard InChI is InChI=1S/C21H23N3O3S3/c1-15-6-9-24(10-7-15)30(26,27)19-4-2-17(3-5-19)22-20(25)12-18-14-29-21(23-18)16-8-11-28-13-16/h2-5,8,11,13-15H,6-7,9-10,12H2,1H3,(H,22,25). The number of rotatable bonds is 6. The van der Waals surface area contributed by atoms with Crippen molar-refractivity contribution < 1.29 is 13.2 Å². The van der Waals surface area contributed by atoms with Gasteiger partial charge in [-0.2, -0.15) is 15.6 Å². The zero-order valence-electron chi connectivity index (χ0n) is 16.6. The molecule has 158 valence electrons. The molecule has 0 aliphatic carbocycles. The normalized spacial score (nSPS) is 15.9. The number of piperidine rings is 1. The Bertz CT molecular complexity index is 1100. The van der Waals surface area contributed by atoms with Crippen molar-refractivity contribution in [3.63, 3.8) is 0 Å². The van der Waals surface area contributed by atoms with Gasteiger partial charge in [0.05, 0.1) is 17.0 Å². The van der Waals surface area contributed by atoms with E-state index in [0.29, 0.717) is 24.7 Å². The van der Waals surface area contributed by atoms with Crippen LogP contribution in [0.15, 0.2) is 51.4 Å². The molecule has 30 heavy (non-hydrogen) atoms. The van der Waals surface area contributed by atoms with E-state index in [4.69, 9.17) is 0 Å². The van der Waals surface area contributed by atoms with Gasteiger partial charge < -0.3 is 5.32 Å². The van der Waals surface area contributed by atoms with Crippen molar-refractivity contribution in [3.05, 3.63) is 52.2 Å². The molecule has 1 aliphatic rings. The fourth-order valence-corrected chi connectivity index (χ4v) is 6.36. The number of anilines is 1. The minimum atomic E-state index is -3.49. The molecular weight excluding hydrogens is 438 g/mol. The first-order chi connectivity index (χ1) is 14.4. The van der Waals surface area contributed by atoms with Gasteiger partial charge in [-0.3, -0.25) is 4.79 Å². The van der Waals surface area contributed by atoms with Gasteiger partial charge in [0, 0.05) is 35.1 Å². The van der Waals surface area contributed by atoms with Crippen LogP contribution in [-0.2, 0) is 21.2 Å². The fourth-order valence-electron chi connectivity index (χ4n) is 3.36. The molecule has 9 heteroatoms. The number of amides is 1. The predicted octanol–water partition coefficient (Wildman–Crippen LogP) is 4.47. The van der Waals surface area contributed by atoms with Gasteiger partial charge in [0.1, 0.15) is 5.01 Å². The number of sulfonamides is 1. The van der Waals surface area contributed by atoms with Crippen molar-refractivity contribution in [3.8, 4) is 10.6 Å². The van der Waals surface area contributed by atoms with Crippen LogP contribution in [-0.4, -0.2) is 36.7 Å². The van der Waals surface area contributed by atoms with Gasteiger partial charge in [0.15, 0.2) is 0 Å². The highest BCUT2D eigenvalue weighted by Crippen LogP contribution is 2.26. The first kappa shape index (κ1) is 21.2. The highest BCUT2D eigenvalue weighted by molar-refractivity contribution is 7.89. The minimum Gasteiger partial charge on any atom is -0.326 e. The Balaban J connectivity index is 1.37. The van der Waals surface area contributed by atoms with E-state index < -0.39 is 10.0 Å². The summed E-state index contributed by atoms with van der Waals surface area (Å²) < 4.78 is 27.2. The average molecular weight is 462 g/mol. The van der Waals surface area contributed by atoms with Gasteiger partial charge in [-0.05, 0) is 54.5 Å². The summed E-state index contributed by atoms with van der Waals surface area (Å²) in [5.74, 6) is 0.380. The number of thiophene rings is 1. The fraction of sp³-hybridized carbons (Fsp3) is 0.333. The van der Waals surface area contributed by atoms with Crippen LogP contribution in [0, 0.1) is 5.92 Å². The third-order valence-corrected chi connectivity index (χ3v) is 8.72. The quantitative estimate of drug-likeness (QED) is 0.587. The molecule has 0 atom stereocenters. The Kier molecular flexibility index (Phi) is 6.33. The van der Waals surface area contributed by atoms with Crippen LogP contribution in [0.4, 0.5) is 5.69 Å². The second kappa shape index (κ2) is 8.97. The molecule has 1 N–H and O–H groups in total. The molecule has 1 aromatic carbocycles. The Morgan fingerprint density at radius 2 is 1.90 bits per heavy atom. The predicted molar refractivity (Wildman–Crippen MR) is 121 cm³/mol. The molecule has 0 unspecified atom stereocenters. The van der Waals surface area contributed by atoms with E-state index in [1.54, 1.807) is 39.9 Å². The van der Waals surface area contributed by atoms with E-state index in [-0.39, 0.29) is 17.2 Å². The van der Waals surface area contributed by atoms with E-state index in [0.717, 1.165) is 29.1 Å². The van der Waals surface area contributed by atoms with Crippen LogP contribution in [0.25, 0.3) is 10.6 Å². The van der Waals surface area contributed by atoms with Crippen molar-refractivity contribution in [1.82, 2.24) is 9.29 Å². The number of benzene rings is 1. The Morgan fingerprint density at radius 3 is 2.57 bits per heavy atom. The van der Waals surface area contributed by atoms with E-state index in [9.17, 15) is 13.2 Å². The largest absolute Gasteiger partial charge is 0.326 e. The highest BCUT2D eigenvalue weighted by Gasteiger charge is 2.27. The maximum absolute atomic E-state index is 12.8. The van der Waals surface area contributed by atoms with Crippen LogP contribution in [0.2, 0.25) is 0 Å². The summed E-state index contributed by atoms with van der Waals surface area (Å²) in [6.07, 6.45) is 1.95. The molecule has 1 saturated heterocycles. The third-order valence-electron chi connectivity index (χ3n) is 5.18. The summed E-state index contributed by atoms with van der Waals surface area (Å²) in [7, 11) is -3.49. The van der Waals surface area contributed by atoms with Gasteiger partial charge in [-0.15, -0.1) is 11.3 Å². The van der Waals surface area contributed by atoms with Gasteiger partial charge >= 0.3 is 0 Å². The number of hydrogen-bond acceptors (Lipinski definition) is 6. The molecular formula is C21H23N3O3S3. The maximum atomic E-state index is 12.8. The summed E-state index contributed by atoms with van der Waals surface area (Å²) in [4.78, 5) is 17.1. The Labute approximate surface area is 184 Å². The van der Waals surface area contributed by atoms with Gasteiger partial charge in [0.25, 0.3) is 0 Å². The second-order valence-corrected chi connectivity index (χ2v) is 11.1. The molecule has 1 fully saturated rings. The molecule has 2 aromatic heterocycles. The number of nitrogens with one attached hydrogen (secondary N) is 1. The van der Waals surface area contributed by atoms with E-state index in [1.165, 1.54) is 11.3 Å². The number of nitrogens with zero attached hydrogens (tertiary/aromatic N) is 2. The van der Waals surface area contributed by atoms with Crippen LogP contribution >= 0.6 is 22.7 Å². The summed E-state index contributed by atoms with van der Waals surface area (Å²) in [5, 5.41) is 9.64. The van der Waals surface area contributed by atoms with Gasteiger partial charge in [0.2, 0.25) is 15.9 Å². The minimum absolute atomic E-state index is 0.173. The lowest BCUT2D eigenvalue weighted by Crippen LogP contribution is -2.37. The summed E-state index contributed by atoms with van der Waals surface area (Å²) in [6, 6.07) is 8.39. The summed E-state index contributed by atoms with van der Waals surface area (Å²) >= 11 is 3.13. The molecule has 0 bridgehead atoms. The molecule has 0 saturated carbocycles. The Morgan fingerprint density at radius 1 is 1.17 bits per heavy atom. The summed E-state index contributed by atoms with van der Waals surface area (Å²) in [6.45, 7) is 3.27. The molecule has 3 heterocycles. The van der Waals surface area contributed by atoms with E-state index >= 15 is 0 Å². The lowest BCUT2D eigenvalue weighted by Gasteiger charge is -2.29. The highest BCUT2D eigenvalue weighted by atomic mass is 32.2. The molecule has 0 radical (unpaired) electrons. The first-order valence-electron chi connectivity index (χ1n) is 9.79. The molecule has 3 aromatic rings. The van der Waals surface area contributed by atoms with E-state index in [1.807, 2.05) is 22.2 Å². The number of carbonyl (C=O) groups is 1. The first-order valence-corrected chi connectivity index (χ1v) is 13.0. The Hall–Kier alpha value is -2.07. The lowest BCUT2D eigenvalue weighted by molar-refractivity contribution is -0.115. The zero-order chi connectivity index (χ0) is 21.1. The van der Waals surface area contributed by atoms with Crippen molar-refractivity contribution in [1.29, 1.82) is 0 Å². The maximum Gasteiger partial charge on any atom is 0.243 e. The van der Waals surface area contributed by atoms with Crippen molar-refractivity contribution in [2.45, 2.75) is 31.1 Å². The van der Waals surface area contributed by atoms with Crippen molar-refractivity contribution in [2.75, 3.05) is 18.4 Å².